The minimum absolute atomic E-state index is 0.0598. The summed E-state index contributed by atoms with van der Waals surface area (Å²) in [5.74, 6) is -0.213. The van der Waals surface area contributed by atoms with Crippen molar-refractivity contribution in [2.75, 3.05) is 39.4 Å². The highest BCUT2D eigenvalue weighted by Gasteiger charge is 2.52. The van der Waals surface area contributed by atoms with E-state index in [4.69, 9.17) is 9.47 Å². The lowest BCUT2D eigenvalue weighted by atomic mass is 10.0. The maximum Gasteiger partial charge on any atom is 0.226 e. The Morgan fingerprint density at radius 3 is 1.87 bits per heavy atom. The van der Waals surface area contributed by atoms with Crippen molar-refractivity contribution in [3.63, 3.8) is 0 Å². The molecule has 3 aliphatic heterocycles. The van der Waals surface area contributed by atoms with Crippen LogP contribution in [-0.2, 0) is 19.1 Å². The maximum atomic E-state index is 12.6. The van der Waals surface area contributed by atoms with Gasteiger partial charge >= 0.3 is 0 Å². The van der Waals surface area contributed by atoms with Gasteiger partial charge in [-0.15, -0.1) is 0 Å². The van der Waals surface area contributed by atoms with E-state index in [1.54, 1.807) is 0 Å². The molecular weight excluding hydrogens is 296 g/mol. The molecule has 0 N–H and O–H groups in total. The van der Waals surface area contributed by atoms with Crippen molar-refractivity contribution in [2.45, 2.75) is 44.3 Å². The molecule has 4 fully saturated rings. The Hall–Kier alpha value is -1.14. The third-order valence-corrected chi connectivity index (χ3v) is 5.74. The van der Waals surface area contributed by atoms with Gasteiger partial charge in [0.2, 0.25) is 11.8 Å². The largest absolute Gasteiger partial charge is 0.347 e. The van der Waals surface area contributed by atoms with Gasteiger partial charge in [0.1, 0.15) is 0 Å². The Labute approximate surface area is 137 Å². The highest BCUT2D eigenvalue weighted by atomic mass is 16.7. The number of amides is 2. The van der Waals surface area contributed by atoms with Crippen LogP contribution >= 0.6 is 0 Å². The number of likely N-dealkylation sites (tertiary alicyclic amines) is 2. The van der Waals surface area contributed by atoms with Crippen molar-refractivity contribution < 1.29 is 19.1 Å². The van der Waals surface area contributed by atoms with Crippen molar-refractivity contribution in [2.24, 2.45) is 11.8 Å². The molecule has 1 spiro atoms. The van der Waals surface area contributed by atoms with E-state index in [0.29, 0.717) is 26.3 Å². The molecule has 6 heteroatoms. The van der Waals surface area contributed by atoms with E-state index in [9.17, 15) is 9.59 Å². The van der Waals surface area contributed by atoms with Gasteiger partial charge in [-0.25, -0.2) is 0 Å². The lowest BCUT2D eigenvalue weighted by molar-refractivity contribution is -0.187. The molecule has 0 radical (unpaired) electrons. The van der Waals surface area contributed by atoms with Crippen LogP contribution in [0.25, 0.3) is 0 Å². The fourth-order valence-corrected chi connectivity index (χ4v) is 4.18. The van der Waals surface area contributed by atoms with Crippen LogP contribution < -0.4 is 0 Å². The fourth-order valence-electron chi connectivity index (χ4n) is 4.18. The quantitative estimate of drug-likeness (QED) is 0.761. The summed E-state index contributed by atoms with van der Waals surface area (Å²) in [7, 11) is 0. The smallest absolute Gasteiger partial charge is 0.226 e. The Kier molecular flexibility index (Phi) is 4.05. The predicted octanol–water partition coefficient (Wildman–Crippen LogP) is 1.00. The number of carbonyl (C=O) groups excluding carboxylic acids is 2. The van der Waals surface area contributed by atoms with Gasteiger partial charge in [-0.05, 0) is 25.7 Å². The van der Waals surface area contributed by atoms with Gasteiger partial charge in [0.05, 0.1) is 25.0 Å². The number of hydrogen-bond donors (Lipinski definition) is 0. The summed E-state index contributed by atoms with van der Waals surface area (Å²) in [4.78, 5) is 29.0. The molecule has 1 saturated carbocycles. The second-order valence-electron chi connectivity index (χ2n) is 7.27. The monoisotopic (exact) mass is 322 g/mol. The lowest BCUT2D eigenvalue weighted by Gasteiger charge is -2.37. The third kappa shape index (κ3) is 2.98. The zero-order valence-corrected chi connectivity index (χ0v) is 13.7. The zero-order valence-electron chi connectivity index (χ0n) is 13.7. The Morgan fingerprint density at radius 1 is 0.783 bits per heavy atom. The molecule has 4 aliphatic rings. The molecule has 23 heavy (non-hydrogen) atoms. The Morgan fingerprint density at radius 2 is 1.30 bits per heavy atom. The summed E-state index contributed by atoms with van der Waals surface area (Å²) in [6.45, 7) is 4.42. The molecule has 2 unspecified atom stereocenters. The lowest BCUT2D eigenvalue weighted by Crippen LogP contribution is -2.48. The number of ether oxygens (including phenoxy) is 2. The zero-order chi connectivity index (χ0) is 15.9. The van der Waals surface area contributed by atoms with Crippen LogP contribution in [0.3, 0.4) is 0 Å². The van der Waals surface area contributed by atoms with E-state index in [2.05, 4.69) is 0 Å². The van der Waals surface area contributed by atoms with Gasteiger partial charge in [0.25, 0.3) is 0 Å². The van der Waals surface area contributed by atoms with Crippen LogP contribution in [0.1, 0.15) is 38.5 Å². The molecule has 128 valence electrons. The summed E-state index contributed by atoms with van der Waals surface area (Å²) < 4.78 is 11.4. The van der Waals surface area contributed by atoms with Gasteiger partial charge in [-0.2, -0.15) is 0 Å². The average molecular weight is 322 g/mol. The van der Waals surface area contributed by atoms with Gasteiger partial charge in [-0.3, -0.25) is 9.59 Å². The summed E-state index contributed by atoms with van der Waals surface area (Å²) in [6.07, 6.45) is 5.66. The van der Waals surface area contributed by atoms with Crippen LogP contribution in [-0.4, -0.2) is 66.8 Å². The van der Waals surface area contributed by atoms with Crippen LogP contribution in [0.15, 0.2) is 0 Å². The highest BCUT2D eigenvalue weighted by molar-refractivity contribution is 5.92. The van der Waals surface area contributed by atoms with E-state index in [-0.39, 0.29) is 23.7 Å². The number of piperidine rings is 2. The molecule has 2 amide bonds. The highest BCUT2D eigenvalue weighted by Crippen LogP contribution is 2.43. The topological polar surface area (TPSA) is 59.1 Å². The van der Waals surface area contributed by atoms with Gasteiger partial charge in [-0.1, -0.05) is 0 Å². The molecule has 1 aliphatic carbocycles. The van der Waals surface area contributed by atoms with Crippen LogP contribution in [0.2, 0.25) is 0 Å². The van der Waals surface area contributed by atoms with Gasteiger partial charge < -0.3 is 19.3 Å². The first-order chi connectivity index (χ1) is 11.2. The van der Waals surface area contributed by atoms with Crippen LogP contribution in [0.4, 0.5) is 0 Å². The van der Waals surface area contributed by atoms with Gasteiger partial charge in [0.15, 0.2) is 5.79 Å². The Bertz CT molecular complexity index is 473. The molecule has 0 bridgehead atoms. The summed E-state index contributed by atoms with van der Waals surface area (Å²) >= 11 is 0. The predicted molar refractivity (Wildman–Crippen MR) is 82.5 cm³/mol. The van der Waals surface area contributed by atoms with Gasteiger partial charge in [0, 0.05) is 39.0 Å². The normalized spacial score (nSPS) is 33.0. The first-order valence-electron chi connectivity index (χ1n) is 9.04. The standard InChI is InChI=1S/C17H26N2O4/c20-15(18-6-2-1-3-7-18)13-12-14(13)16(21)19-8-4-17(5-9-19)22-10-11-23-17/h13-14H,1-12H2. The minimum atomic E-state index is -0.441. The van der Waals surface area contributed by atoms with Crippen molar-refractivity contribution in [3.05, 3.63) is 0 Å². The molecule has 2 atom stereocenters. The second kappa shape index (κ2) is 6.06. The number of hydrogen-bond acceptors (Lipinski definition) is 4. The van der Waals surface area contributed by atoms with E-state index in [1.807, 2.05) is 9.80 Å². The maximum absolute atomic E-state index is 12.6. The van der Waals surface area contributed by atoms with E-state index in [1.165, 1.54) is 6.42 Å². The molecule has 0 aromatic carbocycles. The minimum Gasteiger partial charge on any atom is -0.347 e. The molecule has 3 heterocycles. The molecule has 4 rings (SSSR count). The summed E-state index contributed by atoms with van der Waals surface area (Å²) in [6, 6.07) is 0. The van der Waals surface area contributed by atoms with E-state index < -0.39 is 5.79 Å². The third-order valence-electron chi connectivity index (χ3n) is 5.74. The Balaban J connectivity index is 1.28. The fraction of sp³-hybridized carbons (Fsp3) is 0.882. The van der Waals surface area contributed by atoms with Crippen molar-refractivity contribution in [1.82, 2.24) is 9.80 Å². The molecule has 3 saturated heterocycles. The van der Waals surface area contributed by atoms with Crippen molar-refractivity contribution in [3.8, 4) is 0 Å². The average Bonchev–Trinajstić information content (AvgIpc) is 3.29. The number of rotatable bonds is 2. The van der Waals surface area contributed by atoms with Crippen molar-refractivity contribution in [1.29, 1.82) is 0 Å². The van der Waals surface area contributed by atoms with E-state index >= 15 is 0 Å². The van der Waals surface area contributed by atoms with Crippen LogP contribution in [0.5, 0.6) is 0 Å². The first kappa shape index (κ1) is 15.4. The summed E-state index contributed by atoms with van der Waals surface area (Å²) in [5, 5.41) is 0. The number of nitrogens with zero attached hydrogens (tertiary/aromatic N) is 2. The molecule has 0 aromatic heterocycles. The summed E-state index contributed by atoms with van der Waals surface area (Å²) in [5.41, 5.74) is 0. The van der Waals surface area contributed by atoms with Crippen LogP contribution in [0, 0.1) is 11.8 Å². The number of carbonyl (C=O) groups is 2. The molecule has 0 aromatic rings. The second-order valence-corrected chi connectivity index (χ2v) is 7.27. The molecule has 6 nitrogen and oxygen atoms in total. The SMILES string of the molecule is O=C(C1CC1C(=O)N1CCC2(CC1)OCCO2)N1CCCCC1. The van der Waals surface area contributed by atoms with Crippen molar-refractivity contribution >= 4 is 11.8 Å². The molecular formula is C17H26N2O4. The first-order valence-corrected chi connectivity index (χ1v) is 9.04. The van der Waals surface area contributed by atoms with E-state index in [0.717, 1.165) is 45.2 Å².